The first kappa shape index (κ1) is 12.5. The van der Waals surface area contributed by atoms with E-state index in [2.05, 4.69) is 5.32 Å². The number of benzene rings is 2. The zero-order valence-corrected chi connectivity index (χ0v) is 11.2. The van der Waals surface area contributed by atoms with Gasteiger partial charge in [-0.05, 0) is 29.8 Å². The molecule has 5 heteroatoms. The van der Waals surface area contributed by atoms with Crippen molar-refractivity contribution in [2.24, 2.45) is 0 Å². The van der Waals surface area contributed by atoms with Crippen LogP contribution in [0, 0.1) is 0 Å². The highest BCUT2D eigenvalue weighted by molar-refractivity contribution is 5.68. The third kappa shape index (κ3) is 2.42. The number of hydrogen-bond donors (Lipinski definition) is 2. The van der Waals surface area contributed by atoms with E-state index >= 15 is 0 Å². The minimum atomic E-state index is 0.289. The van der Waals surface area contributed by atoms with Crippen molar-refractivity contribution in [2.45, 2.75) is 6.54 Å². The molecule has 0 amide bonds. The molecule has 0 atom stereocenters. The fourth-order valence-corrected chi connectivity index (χ4v) is 2.08. The minimum Gasteiger partial charge on any atom is -0.497 e. The molecule has 0 spiro atoms. The third-order valence-electron chi connectivity index (χ3n) is 3.18. The molecule has 1 aliphatic heterocycles. The first-order valence-electron chi connectivity index (χ1n) is 6.32. The Morgan fingerprint density at radius 2 is 2.00 bits per heavy atom. The maximum absolute atomic E-state index is 5.96. The van der Waals surface area contributed by atoms with Crippen molar-refractivity contribution in [2.75, 3.05) is 25.0 Å². The maximum atomic E-state index is 5.96. The van der Waals surface area contributed by atoms with Crippen LogP contribution in [0.15, 0.2) is 36.4 Å². The smallest absolute Gasteiger partial charge is 0.231 e. The summed E-state index contributed by atoms with van der Waals surface area (Å²) in [6, 6.07) is 11.5. The van der Waals surface area contributed by atoms with Crippen molar-refractivity contribution in [3.05, 3.63) is 42.0 Å². The molecule has 0 bridgehead atoms. The van der Waals surface area contributed by atoms with E-state index in [0.29, 0.717) is 12.2 Å². The average molecular weight is 272 g/mol. The van der Waals surface area contributed by atoms with Crippen molar-refractivity contribution in [1.29, 1.82) is 0 Å². The largest absolute Gasteiger partial charge is 0.497 e. The number of methoxy groups -OCH3 is 1. The Morgan fingerprint density at radius 1 is 1.15 bits per heavy atom. The second-order valence-corrected chi connectivity index (χ2v) is 4.49. The second-order valence-electron chi connectivity index (χ2n) is 4.49. The Hall–Kier alpha value is -2.56. The first-order valence-corrected chi connectivity index (χ1v) is 6.32. The Labute approximate surface area is 117 Å². The summed E-state index contributed by atoms with van der Waals surface area (Å²) in [7, 11) is 1.62. The monoisotopic (exact) mass is 272 g/mol. The number of ether oxygens (including phenoxy) is 3. The zero-order valence-electron chi connectivity index (χ0n) is 11.2. The van der Waals surface area contributed by atoms with Gasteiger partial charge in [0.15, 0.2) is 11.5 Å². The van der Waals surface area contributed by atoms with Crippen LogP contribution in [0.1, 0.15) is 5.56 Å². The van der Waals surface area contributed by atoms with Gasteiger partial charge in [-0.25, -0.2) is 0 Å². The van der Waals surface area contributed by atoms with Crippen LogP contribution in [0.4, 0.5) is 11.4 Å². The third-order valence-corrected chi connectivity index (χ3v) is 3.18. The lowest BCUT2D eigenvalue weighted by Crippen LogP contribution is -2.02. The lowest BCUT2D eigenvalue weighted by atomic mass is 10.2. The van der Waals surface area contributed by atoms with Gasteiger partial charge in [0.1, 0.15) is 5.75 Å². The van der Waals surface area contributed by atoms with Crippen molar-refractivity contribution in [3.63, 3.8) is 0 Å². The standard InChI is InChI=1S/C15H16N2O3/c1-18-11-3-4-13(12(16)7-11)17-8-10-2-5-14-15(6-10)20-9-19-14/h2-7,17H,8-9,16H2,1H3. The average Bonchev–Trinajstić information content (AvgIpc) is 2.93. The molecule has 1 aliphatic rings. The summed E-state index contributed by atoms with van der Waals surface area (Å²) in [5, 5.41) is 3.29. The van der Waals surface area contributed by atoms with E-state index in [4.69, 9.17) is 19.9 Å². The van der Waals surface area contributed by atoms with Crippen molar-refractivity contribution in [1.82, 2.24) is 0 Å². The molecule has 0 unspecified atom stereocenters. The van der Waals surface area contributed by atoms with Gasteiger partial charge in [-0.15, -0.1) is 0 Å². The fourth-order valence-electron chi connectivity index (χ4n) is 2.08. The van der Waals surface area contributed by atoms with E-state index in [-0.39, 0.29) is 6.79 Å². The number of nitrogens with two attached hydrogens (primary N) is 1. The molecule has 5 nitrogen and oxygen atoms in total. The predicted molar refractivity (Wildman–Crippen MR) is 77.3 cm³/mol. The van der Waals surface area contributed by atoms with E-state index in [9.17, 15) is 0 Å². The van der Waals surface area contributed by atoms with Crippen LogP contribution >= 0.6 is 0 Å². The molecular weight excluding hydrogens is 256 g/mol. The molecule has 1 heterocycles. The predicted octanol–water partition coefficient (Wildman–Crippen LogP) is 2.62. The molecule has 3 rings (SSSR count). The Morgan fingerprint density at radius 3 is 2.80 bits per heavy atom. The highest BCUT2D eigenvalue weighted by Crippen LogP contribution is 2.33. The molecule has 0 fully saturated rings. The van der Waals surface area contributed by atoms with Crippen molar-refractivity contribution < 1.29 is 14.2 Å². The lowest BCUT2D eigenvalue weighted by Gasteiger charge is -2.11. The van der Waals surface area contributed by atoms with Gasteiger partial charge in [-0.3, -0.25) is 0 Å². The molecule has 0 radical (unpaired) electrons. The van der Waals surface area contributed by atoms with Gasteiger partial charge in [0, 0.05) is 12.6 Å². The summed E-state index contributed by atoms with van der Waals surface area (Å²) in [5.41, 5.74) is 8.60. The highest BCUT2D eigenvalue weighted by Gasteiger charge is 2.13. The molecular formula is C15H16N2O3. The van der Waals surface area contributed by atoms with E-state index in [1.165, 1.54) is 0 Å². The molecule has 0 aromatic heterocycles. The number of rotatable bonds is 4. The molecule has 0 saturated heterocycles. The molecule has 104 valence electrons. The van der Waals surface area contributed by atoms with E-state index in [1.54, 1.807) is 13.2 Å². The minimum absolute atomic E-state index is 0.289. The topological polar surface area (TPSA) is 65.7 Å². The van der Waals surface area contributed by atoms with Crippen molar-refractivity contribution >= 4 is 11.4 Å². The molecule has 2 aromatic rings. The molecule has 0 aliphatic carbocycles. The quantitative estimate of drug-likeness (QED) is 0.837. The number of nitrogens with one attached hydrogen (secondary N) is 1. The molecule has 3 N–H and O–H groups in total. The van der Waals surface area contributed by atoms with Gasteiger partial charge in [-0.1, -0.05) is 6.07 Å². The molecule has 20 heavy (non-hydrogen) atoms. The van der Waals surface area contributed by atoms with Gasteiger partial charge < -0.3 is 25.3 Å². The van der Waals surface area contributed by atoms with Crippen LogP contribution in [0.2, 0.25) is 0 Å². The number of nitrogen functional groups attached to an aromatic ring is 1. The Kier molecular flexibility index (Phi) is 3.25. The number of anilines is 2. The summed E-state index contributed by atoms with van der Waals surface area (Å²) < 4.78 is 15.8. The van der Waals surface area contributed by atoms with Gasteiger partial charge in [-0.2, -0.15) is 0 Å². The van der Waals surface area contributed by atoms with Crippen LogP contribution in [0.25, 0.3) is 0 Å². The normalized spacial score (nSPS) is 12.2. The summed E-state index contributed by atoms with van der Waals surface area (Å²) in [5.74, 6) is 2.32. The van der Waals surface area contributed by atoms with E-state index in [0.717, 1.165) is 28.5 Å². The van der Waals surface area contributed by atoms with Crippen LogP contribution in [-0.2, 0) is 6.54 Å². The van der Waals surface area contributed by atoms with Crippen LogP contribution < -0.4 is 25.3 Å². The Bertz CT molecular complexity index is 629. The highest BCUT2D eigenvalue weighted by atomic mass is 16.7. The van der Waals surface area contributed by atoms with Gasteiger partial charge >= 0.3 is 0 Å². The van der Waals surface area contributed by atoms with Gasteiger partial charge in [0.25, 0.3) is 0 Å². The Balaban J connectivity index is 1.70. The van der Waals surface area contributed by atoms with Crippen molar-refractivity contribution in [3.8, 4) is 17.2 Å². The summed E-state index contributed by atoms with van der Waals surface area (Å²) in [6.07, 6.45) is 0. The van der Waals surface area contributed by atoms with Gasteiger partial charge in [0.05, 0.1) is 18.5 Å². The summed E-state index contributed by atoms with van der Waals surface area (Å²) in [6.45, 7) is 0.949. The SMILES string of the molecule is COc1ccc(NCc2ccc3c(c2)OCO3)c(N)c1. The van der Waals surface area contributed by atoms with Crippen LogP contribution in [0.5, 0.6) is 17.2 Å². The van der Waals surface area contributed by atoms with Crippen LogP contribution in [-0.4, -0.2) is 13.9 Å². The first-order chi connectivity index (χ1) is 9.76. The second kappa shape index (κ2) is 5.21. The number of fused-ring (bicyclic) bond motifs is 1. The van der Waals surface area contributed by atoms with E-state index < -0.39 is 0 Å². The summed E-state index contributed by atoms with van der Waals surface area (Å²) in [4.78, 5) is 0. The van der Waals surface area contributed by atoms with Gasteiger partial charge in [0.2, 0.25) is 6.79 Å². The zero-order chi connectivity index (χ0) is 13.9. The fraction of sp³-hybridized carbons (Fsp3) is 0.200. The van der Waals surface area contributed by atoms with Crippen LogP contribution in [0.3, 0.4) is 0 Å². The lowest BCUT2D eigenvalue weighted by molar-refractivity contribution is 0.174. The molecule has 0 saturated carbocycles. The van der Waals surface area contributed by atoms with E-state index in [1.807, 2.05) is 30.3 Å². The molecule has 2 aromatic carbocycles. The number of hydrogen-bond acceptors (Lipinski definition) is 5. The maximum Gasteiger partial charge on any atom is 0.231 e. The summed E-state index contributed by atoms with van der Waals surface area (Å²) >= 11 is 0.